The zero-order chi connectivity index (χ0) is 34.9. The summed E-state index contributed by atoms with van der Waals surface area (Å²) >= 11 is 0. The van der Waals surface area contributed by atoms with Gasteiger partial charge in [0.05, 0.1) is 19.8 Å². The van der Waals surface area contributed by atoms with Gasteiger partial charge in [0.15, 0.2) is 6.10 Å². The van der Waals surface area contributed by atoms with E-state index in [1.54, 1.807) is 0 Å². The number of phosphoric acid groups is 1. The van der Waals surface area contributed by atoms with Crippen LogP contribution in [0.3, 0.4) is 0 Å². The molecule has 274 valence electrons. The summed E-state index contributed by atoms with van der Waals surface area (Å²) in [5.74, 6) is -0.957. The highest BCUT2D eigenvalue weighted by molar-refractivity contribution is 7.47. The molecule has 0 aromatic carbocycles. The van der Waals surface area contributed by atoms with Gasteiger partial charge < -0.3 is 24.6 Å². The van der Waals surface area contributed by atoms with Crippen molar-refractivity contribution in [3.05, 3.63) is 36.5 Å². The Labute approximate surface area is 284 Å². The predicted molar refractivity (Wildman–Crippen MR) is 187 cm³/mol. The third-order valence-electron chi connectivity index (χ3n) is 7.30. The molecule has 0 aliphatic carbocycles. The topological polar surface area (TPSA) is 149 Å². The molecule has 0 aliphatic rings. The highest BCUT2D eigenvalue weighted by Gasteiger charge is 2.27. The lowest BCUT2D eigenvalue weighted by Crippen LogP contribution is -2.29. The molecule has 0 aromatic heterocycles. The van der Waals surface area contributed by atoms with Crippen LogP contribution in [0.15, 0.2) is 36.5 Å². The number of unbranched alkanes of at least 4 members (excludes halogenated alkanes) is 13. The summed E-state index contributed by atoms with van der Waals surface area (Å²) < 4.78 is 32.3. The predicted octanol–water partition coefficient (Wildman–Crippen LogP) is 8.44. The van der Waals surface area contributed by atoms with Crippen molar-refractivity contribution >= 4 is 19.8 Å². The Kier molecular flexibility index (Phi) is 31.5. The minimum Gasteiger partial charge on any atom is -0.462 e. The summed E-state index contributed by atoms with van der Waals surface area (Å²) in [4.78, 5) is 34.5. The van der Waals surface area contributed by atoms with Crippen LogP contribution in [0.1, 0.15) is 142 Å². The van der Waals surface area contributed by atoms with Gasteiger partial charge in [-0.05, 0) is 51.4 Å². The van der Waals surface area contributed by atoms with Crippen LogP contribution in [-0.2, 0) is 32.7 Å². The lowest BCUT2D eigenvalue weighted by atomic mass is 10.1. The molecule has 11 heteroatoms. The van der Waals surface area contributed by atoms with Crippen LogP contribution in [0.25, 0.3) is 0 Å². The highest BCUT2D eigenvalue weighted by Crippen LogP contribution is 2.43. The van der Waals surface area contributed by atoms with Gasteiger partial charge in [-0.1, -0.05) is 115 Å². The minimum absolute atomic E-state index is 0.169. The van der Waals surface area contributed by atoms with E-state index in [0.717, 1.165) is 77.0 Å². The van der Waals surface area contributed by atoms with E-state index in [-0.39, 0.29) is 19.4 Å². The number of hydrogen-bond donors (Lipinski definition) is 3. The van der Waals surface area contributed by atoms with Crippen molar-refractivity contribution in [2.45, 2.75) is 154 Å². The fraction of sp³-hybridized carbons (Fsp3) is 0.778. The van der Waals surface area contributed by atoms with Gasteiger partial charge >= 0.3 is 19.8 Å². The Balaban J connectivity index is 4.27. The summed E-state index contributed by atoms with van der Waals surface area (Å²) in [6.07, 6.45) is 30.2. The molecule has 0 spiro atoms. The molecule has 10 nitrogen and oxygen atoms in total. The van der Waals surface area contributed by atoms with Crippen molar-refractivity contribution in [1.29, 1.82) is 0 Å². The van der Waals surface area contributed by atoms with Crippen LogP contribution in [0, 0.1) is 0 Å². The van der Waals surface area contributed by atoms with Gasteiger partial charge in [-0.2, -0.15) is 0 Å². The summed E-state index contributed by atoms with van der Waals surface area (Å²) in [5, 5.41) is 18.2. The Bertz CT molecular complexity index is 889. The molecule has 0 rings (SSSR count). The smallest absolute Gasteiger partial charge is 0.462 e. The number of aliphatic hydroxyl groups excluding tert-OH is 2. The molecule has 3 N–H and O–H groups in total. The van der Waals surface area contributed by atoms with Crippen molar-refractivity contribution in [3.8, 4) is 0 Å². The first-order valence-electron chi connectivity index (χ1n) is 17.9. The van der Waals surface area contributed by atoms with E-state index in [1.807, 2.05) is 0 Å². The normalized spacial score (nSPS) is 14.6. The number of hydrogen-bond acceptors (Lipinski definition) is 9. The fourth-order valence-electron chi connectivity index (χ4n) is 4.47. The maximum atomic E-state index is 12.5. The number of carbonyl (C=O) groups is 2. The zero-order valence-electron chi connectivity index (χ0n) is 29.2. The average Bonchev–Trinajstić information content (AvgIpc) is 3.05. The van der Waals surface area contributed by atoms with Gasteiger partial charge in [-0.25, -0.2) is 4.57 Å². The Morgan fingerprint density at radius 3 is 1.70 bits per heavy atom. The van der Waals surface area contributed by atoms with Gasteiger partial charge in [-0.3, -0.25) is 18.6 Å². The number of ether oxygens (including phenoxy) is 2. The quantitative estimate of drug-likeness (QED) is 0.0265. The summed E-state index contributed by atoms with van der Waals surface area (Å²) in [7, 11) is -4.60. The number of aliphatic hydroxyl groups is 2. The van der Waals surface area contributed by atoms with E-state index in [1.165, 1.54) is 25.7 Å². The molecule has 0 aromatic rings. The summed E-state index contributed by atoms with van der Waals surface area (Å²) in [5.41, 5.74) is 0. The number of allylic oxidation sites excluding steroid dienone is 6. The largest absolute Gasteiger partial charge is 0.472 e. The maximum Gasteiger partial charge on any atom is 0.472 e. The first-order valence-corrected chi connectivity index (χ1v) is 19.4. The molecule has 3 atom stereocenters. The second kappa shape index (κ2) is 32.7. The number of carbonyl (C=O) groups excluding carboxylic acids is 2. The van der Waals surface area contributed by atoms with Gasteiger partial charge in [0.2, 0.25) is 0 Å². The monoisotopic (exact) mass is 688 g/mol. The van der Waals surface area contributed by atoms with E-state index in [9.17, 15) is 24.2 Å². The molecular weight excluding hydrogens is 623 g/mol. The Morgan fingerprint density at radius 2 is 1.11 bits per heavy atom. The molecule has 0 saturated carbocycles. The molecule has 0 bridgehead atoms. The van der Waals surface area contributed by atoms with Crippen LogP contribution >= 0.6 is 7.82 Å². The standard InChI is InChI=1S/C36H65O10P/c1-3-5-7-9-10-11-12-13-14-15-16-17-18-19-20-21-22-24-26-28-36(40)46-34(31-43-35(39)27-25-23-8-6-4-2)32-45-47(41,42)44-30-33(38)29-37/h10-11,13-14,16-17,33-34,37-38H,3-9,12,15,18-32H2,1-2H3,(H,41,42)/b11-10-,14-13-,17-16-. The van der Waals surface area contributed by atoms with Crippen LogP contribution in [0.4, 0.5) is 0 Å². The maximum absolute atomic E-state index is 12.5. The first kappa shape index (κ1) is 45.2. The fourth-order valence-corrected chi connectivity index (χ4v) is 5.26. The molecule has 0 aliphatic heterocycles. The second-order valence-electron chi connectivity index (χ2n) is 11.9. The Morgan fingerprint density at radius 1 is 0.638 bits per heavy atom. The first-order chi connectivity index (χ1) is 22.7. The molecule has 0 heterocycles. The summed E-state index contributed by atoms with van der Waals surface area (Å²) in [6.45, 7) is 2.21. The van der Waals surface area contributed by atoms with E-state index < -0.39 is 51.8 Å². The molecule has 47 heavy (non-hydrogen) atoms. The summed E-state index contributed by atoms with van der Waals surface area (Å²) in [6, 6.07) is 0. The average molecular weight is 689 g/mol. The van der Waals surface area contributed by atoms with Gasteiger partial charge in [0.25, 0.3) is 0 Å². The lowest BCUT2D eigenvalue weighted by Gasteiger charge is -2.20. The SMILES string of the molecule is CCCCC/C=C\C/C=C\C/C=C\CCCCCCCCC(=O)OC(COC(=O)CCCCCCC)COP(=O)(O)OCC(O)CO. The van der Waals surface area contributed by atoms with Gasteiger partial charge in [0.1, 0.15) is 12.7 Å². The van der Waals surface area contributed by atoms with Crippen LogP contribution in [-0.4, -0.2) is 65.7 Å². The molecule has 0 radical (unpaired) electrons. The van der Waals surface area contributed by atoms with Crippen LogP contribution in [0.5, 0.6) is 0 Å². The third kappa shape index (κ3) is 32.5. The van der Waals surface area contributed by atoms with E-state index >= 15 is 0 Å². The van der Waals surface area contributed by atoms with E-state index in [4.69, 9.17) is 19.1 Å². The van der Waals surface area contributed by atoms with Crippen molar-refractivity contribution in [2.24, 2.45) is 0 Å². The van der Waals surface area contributed by atoms with Crippen molar-refractivity contribution in [2.75, 3.05) is 26.4 Å². The van der Waals surface area contributed by atoms with Gasteiger partial charge in [0, 0.05) is 12.8 Å². The molecular formula is C36H65O10P. The van der Waals surface area contributed by atoms with Gasteiger partial charge in [-0.15, -0.1) is 0 Å². The van der Waals surface area contributed by atoms with E-state index in [2.05, 4.69) is 54.8 Å². The number of phosphoric ester groups is 1. The Hall–Kier alpha value is -1.81. The molecule has 0 fully saturated rings. The van der Waals surface area contributed by atoms with Crippen molar-refractivity contribution < 1.29 is 47.8 Å². The van der Waals surface area contributed by atoms with E-state index in [0.29, 0.717) is 12.8 Å². The number of esters is 2. The number of rotatable bonds is 33. The second-order valence-corrected chi connectivity index (χ2v) is 13.4. The van der Waals surface area contributed by atoms with Crippen molar-refractivity contribution in [3.63, 3.8) is 0 Å². The minimum atomic E-state index is -4.60. The molecule has 3 unspecified atom stereocenters. The third-order valence-corrected chi connectivity index (χ3v) is 8.25. The van der Waals surface area contributed by atoms with Crippen LogP contribution < -0.4 is 0 Å². The molecule has 0 saturated heterocycles. The van der Waals surface area contributed by atoms with Crippen LogP contribution in [0.2, 0.25) is 0 Å². The molecule has 0 amide bonds. The highest BCUT2D eigenvalue weighted by atomic mass is 31.2. The zero-order valence-corrected chi connectivity index (χ0v) is 30.1. The van der Waals surface area contributed by atoms with Crippen molar-refractivity contribution in [1.82, 2.24) is 0 Å². The lowest BCUT2D eigenvalue weighted by molar-refractivity contribution is -0.161.